The Bertz CT molecular complexity index is 1170. The van der Waals surface area contributed by atoms with E-state index >= 15 is 0 Å². The summed E-state index contributed by atoms with van der Waals surface area (Å²) in [7, 11) is 4.42. The molecule has 0 bridgehead atoms. The van der Waals surface area contributed by atoms with Gasteiger partial charge in [-0.25, -0.2) is 4.79 Å². The fourth-order valence-corrected chi connectivity index (χ4v) is 4.93. The molecule has 1 aromatic heterocycles. The Hall–Kier alpha value is -3.10. The van der Waals surface area contributed by atoms with Crippen molar-refractivity contribution in [3.05, 3.63) is 69.0 Å². The lowest BCUT2D eigenvalue weighted by Crippen LogP contribution is -2.11. The first-order valence-corrected chi connectivity index (χ1v) is 11.2. The Morgan fingerprint density at radius 2 is 1.78 bits per heavy atom. The molecule has 0 atom stereocenters. The molecule has 1 N–H and O–H groups in total. The number of benzene rings is 2. The minimum atomic E-state index is -0.503. The Balaban J connectivity index is 1.90. The van der Waals surface area contributed by atoms with Crippen LogP contribution in [0.2, 0.25) is 0 Å². The van der Waals surface area contributed by atoms with Crippen molar-refractivity contribution >= 4 is 50.2 Å². The van der Waals surface area contributed by atoms with E-state index < -0.39 is 5.97 Å². The third kappa shape index (κ3) is 5.03. The number of anilines is 1. The first-order chi connectivity index (χ1) is 15.4. The van der Waals surface area contributed by atoms with Gasteiger partial charge in [-0.1, -0.05) is 30.3 Å². The summed E-state index contributed by atoms with van der Waals surface area (Å²) in [6.07, 6.45) is 3.05. The molecule has 0 saturated heterocycles. The summed E-state index contributed by atoms with van der Waals surface area (Å²) in [6.45, 7) is 1.91. The number of carbonyl (C=O) groups is 2. The predicted molar refractivity (Wildman–Crippen MR) is 131 cm³/mol. The van der Waals surface area contributed by atoms with E-state index in [9.17, 15) is 9.59 Å². The first-order valence-electron chi connectivity index (χ1n) is 9.57. The number of halogens is 1. The highest BCUT2D eigenvalue weighted by Crippen LogP contribution is 2.40. The number of methoxy groups -OCH3 is 3. The Labute approximate surface area is 198 Å². The summed E-state index contributed by atoms with van der Waals surface area (Å²) in [4.78, 5) is 26.1. The molecule has 0 fully saturated rings. The molecule has 0 aliphatic rings. The number of thiophene rings is 1. The lowest BCUT2D eigenvalue weighted by molar-refractivity contribution is -0.111. The number of esters is 1. The highest BCUT2D eigenvalue weighted by Gasteiger charge is 2.24. The van der Waals surface area contributed by atoms with Crippen molar-refractivity contribution in [1.82, 2.24) is 0 Å². The summed E-state index contributed by atoms with van der Waals surface area (Å²) in [5.74, 6) is 0.230. The minimum absolute atomic E-state index is 0.344. The van der Waals surface area contributed by atoms with Gasteiger partial charge in [-0.05, 0) is 52.2 Å². The summed E-state index contributed by atoms with van der Waals surface area (Å²) < 4.78 is 16.3. The average Bonchev–Trinajstić information content (AvgIpc) is 3.12. The SMILES string of the molecule is COC(=O)c1c(NC(=O)C=Cc2cc(Br)c(OC)c(OC)c2)sc(C)c1-c1ccccc1. The van der Waals surface area contributed by atoms with Gasteiger partial charge in [-0.15, -0.1) is 11.3 Å². The fourth-order valence-electron chi connectivity index (χ4n) is 3.24. The molecule has 32 heavy (non-hydrogen) atoms. The standard InChI is InChI=1S/C24H22BrNO5S/c1-14-20(16-8-6-5-7-9-16)21(24(28)31-4)23(32-14)26-19(27)11-10-15-12-17(25)22(30-3)18(13-15)29-2/h5-13H,1-4H3,(H,26,27). The quantitative estimate of drug-likeness (QED) is 0.311. The number of ether oxygens (including phenoxy) is 3. The molecule has 166 valence electrons. The number of hydrogen-bond acceptors (Lipinski definition) is 6. The van der Waals surface area contributed by atoms with Crippen LogP contribution in [0.25, 0.3) is 17.2 Å². The zero-order valence-electron chi connectivity index (χ0n) is 18.0. The van der Waals surface area contributed by atoms with Crippen molar-refractivity contribution in [2.24, 2.45) is 0 Å². The zero-order chi connectivity index (χ0) is 23.3. The van der Waals surface area contributed by atoms with Crippen molar-refractivity contribution in [3.8, 4) is 22.6 Å². The van der Waals surface area contributed by atoms with E-state index in [0.29, 0.717) is 26.5 Å². The van der Waals surface area contributed by atoms with Gasteiger partial charge >= 0.3 is 5.97 Å². The molecule has 6 nitrogen and oxygen atoms in total. The lowest BCUT2D eigenvalue weighted by Gasteiger charge is -2.10. The average molecular weight is 516 g/mol. The third-order valence-electron chi connectivity index (χ3n) is 4.66. The molecule has 0 aliphatic heterocycles. The molecule has 1 heterocycles. The van der Waals surface area contributed by atoms with Gasteiger partial charge < -0.3 is 19.5 Å². The highest BCUT2D eigenvalue weighted by molar-refractivity contribution is 9.10. The van der Waals surface area contributed by atoms with Gasteiger partial charge in [-0.2, -0.15) is 0 Å². The van der Waals surface area contributed by atoms with Gasteiger partial charge in [0, 0.05) is 16.5 Å². The van der Waals surface area contributed by atoms with Crippen LogP contribution in [0.4, 0.5) is 5.00 Å². The van der Waals surface area contributed by atoms with Crippen LogP contribution in [-0.4, -0.2) is 33.2 Å². The number of carbonyl (C=O) groups excluding carboxylic acids is 2. The summed E-state index contributed by atoms with van der Waals surface area (Å²) in [6, 6.07) is 13.1. The van der Waals surface area contributed by atoms with Gasteiger partial charge in [0.05, 0.1) is 25.8 Å². The molecule has 0 saturated carbocycles. The molecule has 0 radical (unpaired) electrons. The molecule has 0 spiro atoms. The number of aryl methyl sites for hydroxylation is 1. The molecule has 0 aliphatic carbocycles. The molecule has 8 heteroatoms. The minimum Gasteiger partial charge on any atom is -0.493 e. The maximum atomic E-state index is 12.7. The second-order valence-corrected chi connectivity index (χ2v) is 8.73. The molecular formula is C24H22BrNO5S. The Kier molecular flexibility index (Phi) is 7.71. The van der Waals surface area contributed by atoms with Crippen LogP contribution < -0.4 is 14.8 Å². The van der Waals surface area contributed by atoms with E-state index in [2.05, 4.69) is 21.2 Å². The molecule has 0 unspecified atom stereocenters. The molecular weight excluding hydrogens is 494 g/mol. The number of nitrogens with one attached hydrogen (secondary N) is 1. The van der Waals surface area contributed by atoms with E-state index in [1.807, 2.05) is 43.3 Å². The smallest absolute Gasteiger partial charge is 0.341 e. The van der Waals surface area contributed by atoms with E-state index in [1.54, 1.807) is 26.4 Å². The summed E-state index contributed by atoms with van der Waals surface area (Å²) in [5.41, 5.74) is 2.72. The van der Waals surface area contributed by atoms with Crippen LogP contribution in [0.5, 0.6) is 11.5 Å². The van der Waals surface area contributed by atoms with Gasteiger partial charge in [0.1, 0.15) is 10.6 Å². The van der Waals surface area contributed by atoms with Crippen LogP contribution in [0, 0.1) is 6.92 Å². The van der Waals surface area contributed by atoms with Crippen molar-refractivity contribution in [2.75, 3.05) is 26.6 Å². The fraction of sp³-hybridized carbons (Fsp3) is 0.167. The van der Waals surface area contributed by atoms with Crippen LogP contribution >= 0.6 is 27.3 Å². The Morgan fingerprint density at radius 1 is 1.06 bits per heavy atom. The van der Waals surface area contributed by atoms with E-state index in [-0.39, 0.29) is 5.91 Å². The second-order valence-electron chi connectivity index (χ2n) is 6.66. The predicted octanol–water partition coefficient (Wildman–Crippen LogP) is 5.94. The largest absolute Gasteiger partial charge is 0.493 e. The van der Waals surface area contributed by atoms with Crippen LogP contribution in [0.3, 0.4) is 0 Å². The highest BCUT2D eigenvalue weighted by atomic mass is 79.9. The normalized spacial score (nSPS) is 10.8. The number of hydrogen-bond donors (Lipinski definition) is 1. The van der Waals surface area contributed by atoms with Crippen molar-refractivity contribution in [3.63, 3.8) is 0 Å². The van der Waals surface area contributed by atoms with Crippen molar-refractivity contribution < 1.29 is 23.8 Å². The molecule has 3 aromatic rings. The third-order valence-corrected chi connectivity index (χ3v) is 6.27. The van der Waals surface area contributed by atoms with Crippen LogP contribution in [-0.2, 0) is 9.53 Å². The van der Waals surface area contributed by atoms with E-state index in [4.69, 9.17) is 14.2 Å². The second kappa shape index (κ2) is 10.5. The van der Waals surface area contributed by atoms with Gasteiger partial charge in [-0.3, -0.25) is 4.79 Å². The maximum Gasteiger partial charge on any atom is 0.341 e. The topological polar surface area (TPSA) is 73.9 Å². The van der Waals surface area contributed by atoms with Crippen LogP contribution in [0.1, 0.15) is 20.8 Å². The van der Waals surface area contributed by atoms with Gasteiger partial charge in [0.2, 0.25) is 5.91 Å². The van der Waals surface area contributed by atoms with Crippen molar-refractivity contribution in [2.45, 2.75) is 6.92 Å². The molecule has 2 aromatic carbocycles. The molecule has 1 amide bonds. The Morgan fingerprint density at radius 3 is 2.41 bits per heavy atom. The van der Waals surface area contributed by atoms with Crippen molar-refractivity contribution in [1.29, 1.82) is 0 Å². The summed E-state index contributed by atoms with van der Waals surface area (Å²) in [5, 5.41) is 3.26. The van der Waals surface area contributed by atoms with E-state index in [1.165, 1.54) is 24.5 Å². The van der Waals surface area contributed by atoms with Crippen LogP contribution in [0.15, 0.2) is 53.0 Å². The van der Waals surface area contributed by atoms with E-state index in [0.717, 1.165) is 21.6 Å². The van der Waals surface area contributed by atoms with Gasteiger partial charge in [0.15, 0.2) is 11.5 Å². The maximum absolute atomic E-state index is 12.7. The zero-order valence-corrected chi connectivity index (χ0v) is 20.4. The summed E-state index contributed by atoms with van der Waals surface area (Å²) >= 11 is 4.77. The number of rotatable bonds is 7. The molecule has 3 rings (SSSR count). The number of amides is 1. The van der Waals surface area contributed by atoms with Gasteiger partial charge in [0.25, 0.3) is 0 Å². The first kappa shape index (κ1) is 23.6. The lowest BCUT2D eigenvalue weighted by atomic mass is 10.0. The monoisotopic (exact) mass is 515 g/mol.